The van der Waals surface area contributed by atoms with Gasteiger partial charge in [-0.05, 0) is 35.0 Å². The van der Waals surface area contributed by atoms with Crippen LogP contribution in [0.5, 0.6) is 0 Å². The van der Waals surface area contributed by atoms with Crippen molar-refractivity contribution in [2.24, 2.45) is 0 Å². The Kier molecular flexibility index (Phi) is 5.02. The molecule has 0 aliphatic rings. The number of hydrogen-bond donors (Lipinski definition) is 1. The topological polar surface area (TPSA) is 81.3 Å². The molecule has 0 fully saturated rings. The summed E-state index contributed by atoms with van der Waals surface area (Å²) in [6.45, 7) is -0.361. The largest absolute Gasteiger partial charge is 0.322 e. The first-order valence-electron chi connectivity index (χ1n) is 9.68. The summed E-state index contributed by atoms with van der Waals surface area (Å²) >= 11 is 3.16. The van der Waals surface area contributed by atoms with Gasteiger partial charge in [0.2, 0.25) is 5.91 Å². The van der Waals surface area contributed by atoms with E-state index in [0.29, 0.717) is 10.2 Å². The van der Waals surface area contributed by atoms with Crippen LogP contribution in [0.3, 0.4) is 0 Å². The van der Waals surface area contributed by atoms with Gasteiger partial charge in [0.1, 0.15) is 24.2 Å². The minimum atomic E-state index is -0.584. The van der Waals surface area contributed by atoms with Crippen LogP contribution in [0.25, 0.3) is 27.5 Å². The van der Waals surface area contributed by atoms with E-state index in [9.17, 15) is 14.0 Å². The first-order valence-corrected chi connectivity index (χ1v) is 10.5. The Labute approximate surface area is 189 Å². The second-order valence-corrected chi connectivity index (χ2v) is 8.07. The molecule has 0 aliphatic heterocycles. The van der Waals surface area contributed by atoms with Crippen molar-refractivity contribution in [2.75, 3.05) is 5.32 Å². The molecule has 0 saturated heterocycles. The summed E-state index contributed by atoms with van der Waals surface area (Å²) in [5, 5.41) is 13.1. The van der Waals surface area contributed by atoms with Gasteiger partial charge in [-0.3, -0.25) is 9.59 Å². The molecule has 0 unspecified atom stereocenters. The van der Waals surface area contributed by atoms with E-state index in [2.05, 4.69) is 31.4 Å². The molecule has 0 saturated carbocycles. The van der Waals surface area contributed by atoms with Gasteiger partial charge in [0.15, 0.2) is 0 Å². The van der Waals surface area contributed by atoms with Crippen LogP contribution in [0, 0.1) is 5.82 Å². The molecule has 3 aromatic carbocycles. The number of hydrogen-bond acceptors (Lipinski definition) is 4. The van der Waals surface area contributed by atoms with Gasteiger partial charge in [0.25, 0.3) is 5.56 Å². The van der Waals surface area contributed by atoms with E-state index in [4.69, 9.17) is 0 Å². The maximum atomic E-state index is 14.0. The fourth-order valence-electron chi connectivity index (χ4n) is 3.55. The first kappa shape index (κ1) is 20.1. The number of halogens is 2. The molecule has 7 nitrogen and oxygen atoms in total. The van der Waals surface area contributed by atoms with Crippen LogP contribution < -0.4 is 10.9 Å². The van der Waals surface area contributed by atoms with E-state index in [0.717, 1.165) is 21.0 Å². The highest BCUT2D eigenvalue weighted by atomic mass is 79.9. The number of carbonyl (C=O) groups is 1. The van der Waals surface area contributed by atoms with Crippen molar-refractivity contribution in [1.29, 1.82) is 0 Å². The third kappa shape index (κ3) is 3.67. The Morgan fingerprint density at radius 2 is 1.88 bits per heavy atom. The van der Waals surface area contributed by atoms with Crippen molar-refractivity contribution in [3.8, 4) is 11.3 Å². The number of fused-ring (bicyclic) bond motifs is 2. The average molecular weight is 492 g/mol. The van der Waals surface area contributed by atoms with Gasteiger partial charge in [-0.2, -0.15) is 10.2 Å². The van der Waals surface area contributed by atoms with Crippen molar-refractivity contribution in [1.82, 2.24) is 19.4 Å². The zero-order chi connectivity index (χ0) is 22.2. The number of rotatable bonds is 4. The number of aromatic nitrogens is 4. The summed E-state index contributed by atoms with van der Waals surface area (Å²) in [6.07, 6.45) is 1.37. The molecule has 2 aromatic heterocycles. The molecule has 0 aliphatic carbocycles. The average Bonchev–Trinajstić information content (AvgIpc) is 3.22. The molecule has 2 heterocycles. The molecular formula is C23H15BrFN5O2. The van der Waals surface area contributed by atoms with E-state index in [1.54, 1.807) is 12.1 Å². The van der Waals surface area contributed by atoms with Crippen molar-refractivity contribution in [3.63, 3.8) is 0 Å². The van der Waals surface area contributed by atoms with Gasteiger partial charge in [0.05, 0.1) is 11.4 Å². The third-order valence-electron chi connectivity index (χ3n) is 5.05. The number of carbonyl (C=O) groups excluding carboxylic acids is 1. The summed E-state index contributed by atoms with van der Waals surface area (Å²) in [4.78, 5) is 25.3. The lowest BCUT2D eigenvalue weighted by Crippen LogP contribution is -2.30. The van der Waals surface area contributed by atoms with Gasteiger partial charge in [-0.25, -0.2) is 13.6 Å². The number of benzene rings is 3. The monoisotopic (exact) mass is 491 g/mol. The van der Waals surface area contributed by atoms with Crippen molar-refractivity contribution in [3.05, 3.63) is 93.7 Å². The van der Waals surface area contributed by atoms with Gasteiger partial charge >= 0.3 is 0 Å². The van der Waals surface area contributed by atoms with E-state index < -0.39 is 17.3 Å². The maximum absolute atomic E-state index is 14.0. The molecule has 5 aromatic rings. The van der Waals surface area contributed by atoms with Gasteiger partial charge in [-0.15, -0.1) is 0 Å². The Morgan fingerprint density at radius 1 is 1.06 bits per heavy atom. The molecule has 5 rings (SSSR count). The highest BCUT2D eigenvalue weighted by Crippen LogP contribution is 2.27. The normalized spacial score (nSPS) is 11.2. The minimum Gasteiger partial charge on any atom is -0.322 e. The zero-order valence-corrected chi connectivity index (χ0v) is 18.1. The molecular weight excluding hydrogens is 477 g/mol. The lowest BCUT2D eigenvalue weighted by molar-refractivity contribution is -0.117. The van der Waals surface area contributed by atoms with E-state index in [1.165, 1.54) is 23.0 Å². The van der Waals surface area contributed by atoms with E-state index >= 15 is 0 Å². The predicted molar refractivity (Wildman–Crippen MR) is 123 cm³/mol. The fraction of sp³-hybridized carbons (Fsp3) is 0.0435. The van der Waals surface area contributed by atoms with Gasteiger partial charge in [0, 0.05) is 10.0 Å². The van der Waals surface area contributed by atoms with Crippen molar-refractivity contribution >= 4 is 43.8 Å². The molecule has 1 N–H and O–H groups in total. The van der Waals surface area contributed by atoms with Crippen LogP contribution in [0.15, 0.2) is 82.3 Å². The SMILES string of the molecule is O=C(Cn1ncn2nc(-c3cccc4ccccc34)cc2c1=O)Nc1ccc(Br)cc1F. The highest BCUT2D eigenvalue weighted by Gasteiger charge is 2.14. The first-order chi connectivity index (χ1) is 15.5. The maximum Gasteiger partial charge on any atom is 0.293 e. The van der Waals surface area contributed by atoms with E-state index in [1.807, 2.05) is 42.5 Å². The highest BCUT2D eigenvalue weighted by molar-refractivity contribution is 9.10. The third-order valence-corrected chi connectivity index (χ3v) is 5.55. The standard InChI is InChI=1S/C23H15BrFN5O2/c24-15-8-9-19(18(25)10-15)27-22(31)12-29-23(32)21-11-20(28-30(21)13-26-29)17-7-3-5-14-4-1-2-6-16(14)17/h1-11,13H,12H2,(H,27,31). The smallest absolute Gasteiger partial charge is 0.293 e. The second kappa shape index (κ2) is 8.01. The Morgan fingerprint density at radius 3 is 2.72 bits per heavy atom. The molecule has 32 heavy (non-hydrogen) atoms. The Balaban J connectivity index is 1.47. The summed E-state index contributed by atoms with van der Waals surface area (Å²) in [5.74, 6) is -1.15. The molecule has 0 atom stereocenters. The molecule has 158 valence electrons. The van der Waals surface area contributed by atoms with Crippen LogP contribution in [0.4, 0.5) is 10.1 Å². The molecule has 0 bridgehead atoms. The van der Waals surface area contributed by atoms with Crippen LogP contribution in [0.1, 0.15) is 0 Å². The van der Waals surface area contributed by atoms with Crippen LogP contribution in [-0.4, -0.2) is 25.3 Å². The second-order valence-electron chi connectivity index (χ2n) is 7.15. The fourth-order valence-corrected chi connectivity index (χ4v) is 3.88. The lowest BCUT2D eigenvalue weighted by Gasteiger charge is -2.08. The van der Waals surface area contributed by atoms with Crippen LogP contribution in [-0.2, 0) is 11.3 Å². The summed E-state index contributed by atoms with van der Waals surface area (Å²) in [6, 6.07) is 19.8. The Hall–Kier alpha value is -3.85. The minimum absolute atomic E-state index is 0.0231. The quantitative estimate of drug-likeness (QED) is 0.407. The van der Waals surface area contributed by atoms with Gasteiger partial charge in [-0.1, -0.05) is 58.4 Å². The summed E-state index contributed by atoms with van der Waals surface area (Å²) in [5.41, 5.74) is 1.35. The lowest BCUT2D eigenvalue weighted by atomic mass is 10.0. The van der Waals surface area contributed by atoms with Crippen molar-refractivity contribution < 1.29 is 9.18 Å². The zero-order valence-electron chi connectivity index (χ0n) is 16.5. The van der Waals surface area contributed by atoms with Crippen LogP contribution in [0.2, 0.25) is 0 Å². The van der Waals surface area contributed by atoms with E-state index in [-0.39, 0.29) is 17.7 Å². The number of amides is 1. The van der Waals surface area contributed by atoms with Crippen molar-refractivity contribution in [2.45, 2.75) is 6.54 Å². The molecule has 0 spiro atoms. The molecule has 9 heteroatoms. The molecule has 1 amide bonds. The molecule has 0 radical (unpaired) electrons. The Bertz CT molecular complexity index is 1550. The number of anilines is 1. The number of nitrogens with zero attached hydrogens (tertiary/aromatic N) is 4. The van der Waals surface area contributed by atoms with Crippen LogP contribution >= 0.6 is 15.9 Å². The number of nitrogens with one attached hydrogen (secondary N) is 1. The van der Waals surface area contributed by atoms with Gasteiger partial charge < -0.3 is 5.32 Å². The summed E-state index contributed by atoms with van der Waals surface area (Å²) in [7, 11) is 0. The summed E-state index contributed by atoms with van der Waals surface area (Å²) < 4.78 is 16.9. The predicted octanol–water partition coefficient (Wildman–Crippen LogP) is 4.25.